The van der Waals surface area contributed by atoms with Crippen LogP contribution in [-0.4, -0.2) is 56.0 Å². The Balaban J connectivity index is 1.15. The second-order valence-corrected chi connectivity index (χ2v) is 9.39. The highest BCUT2D eigenvalue weighted by atomic mass is 16.3. The zero-order chi connectivity index (χ0) is 26.6. The van der Waals surface area contributed by atoms with Crippen LogP contribution >= 0.6 is 0 Å². The normalized spacial score (nSPS) is 13.6. The van der Waals surface area contributed by atoms with Gasteiger partial charge >= 0.3 is 0 Å². The van der Waals surface area contributed by atoms with Crippen molar-refractivity contribution in [2.45, 2.75) is 13.0 Å². The van der Waals surface area contributed by atoms with Gasteiger partial charge in [-0.05, 0) is 54.1 Å². The maximum absolute atomic E-state index is 10.3. The van der Waals surface area contributed by atoms with Gasteiger partial charge in [-0.25, -0.2) is 9.97 Å². The third-order valence-electron chi connectivity index (χ3n) is 6.91. The Morgan fingerprint density at radius 3 is 2.64 bits per heavy atom. The summed E-state index contributed by atoms with van der Waals surface area (Å²) in [6.45, 7) is 3.73. The van der Waals surface area contributed by atoms with Crippen LogP contribution in [0.25, 0.3) is 22.2 Å². The van der Waals surface area contributed by atoms with Crippen molar-refractivity contribution in [2.75, 3.05) is 41.7 Å². The lowest BCUT2D eigenvalue weighted by Gasteiger charge is -2.25. The number of nitrogen functional groups attached to an aromatic ring is 1. The number of para-hydroxylation sites is 2. The maximum atomic E-state index is 10.3. The number of rotatable bonds is 4. The first-order valence-electron chi connectivity index (χ1n) is 12.9. The summed E-state index contributed by atoms with van der Waals surface area (Å²) in [5, 5.41) is 19.9. The lowest BCUT2D eigenvalue weighted by molar-refractivity contribution is 0.477. The van der Waals surface area contributed by atoms with Crippen molar-refractivity contribution in [3.63, 3.8) is 0 Å². The molecule has 6 rings (SSSR count). The Kier molecular flexibility index (Phi) is 6.66. The monoisotopic (exact) mass is 516 g/mol. The average molecular weight is 517 g/mol. The van der Waals surface area contributed by atoms with Gasteiger partial charge in [0, 0.05) is 49.7 Å². The molecule has 3 N–H and O–H groups in total. The zero-order valence-electron chi connectivity index (χ0n) is 21.4. The fourth-order valence-corrected chi connectivity index (χ4v) is 4.92. The van der Waals surface area contributed by atoms with Gasteiger partial charge in [-0.2, -0.15) is 0 Å². The Morgan fingerprint density at radius 1 is 0.897 bits per heavy atom. The Labute approximate surface area is 226 Å². The number of fused-ring (bicyclic) bond motifs is 1. The molecule has 0 bridgehead atoms. The summed E-state index contributed by atoms with van der Waals surface area (Å²) in [6.07, 6.45) is 4.74. The van der Waals surface area contributed by atoms with Crippen LogP contribution in [0.15, 0.2) is 79.1 Å². The van der Waals surface area contributed by atoms with E-state index in [1.165, 1.54) is 5.39 Å². The third-order valence-corrected chi connectivity index (χ3v) is 6.91. The van der Waals surface area contributed by atoms with Crippen LogP contribution in [0.2, 0.25) is 0 Å². The molecule has 194 valence electrons. The van der Waals surface area contributed by atoms with Crippen molar-refractivity contribution in [2.24, 2.45) is 0 Å². The van der Waals surface area contributed by atoms with E-state index >= 15 is 0 Å². The van der Waals surface area contributed by atoms with Gasteiger partial charge in [0.05, 0.1) is 17.9 Å². The topological polar surface area (TPSA) is 109 Å². The average Bonchev–Trinajstić information content (AvgIpc) is 3.21. The van der Waals surface area contributed by atoms with Crippen LogP contribution in [0.5, 0.6) is 5.75 Å². The summed E-state index contributed by atoms with van der Waals surface area (Å²) in [5.41, 5.74) is 9.43. The lowest BCUT2D eigenvalue weighted by atomic mass is 10.1. The number of hydrogen-bond acceptors (Lipinski definition) is 8. The number of anilines is 3. The molecule has 0 spiro atoms. The van der Waals surface area contributed by atoms with Gasteiger partial charge < -0.3 is 25.2 Å². The SMILES string of the molecule is Nc1nnc(-c2ccccc2O)cc1N1CCCN(c2ccnc(C#CCn3ccc4ccccc43)n2)CC1. The maximum Gasteiger partial charge on any atom is 0.206 e. The van der Waals surface area contributed by atoms with Crippen molar-refractivity contribution < 1.29 is 5.11 Å². The molecule has 0 atom stereocenters. The minimum absolute atomic E-state index is 0.161. The Hall–Kier alpha value is -5.10. The van der Waals surface area contributed by atoms with Gasteiger partial charge in [0.2, 0.25) is 5.82 Å². The number of benzene rings is 2. The highest BCUT2D eigenvalue weighted by molar-refractivity contribution is 5.80. The minimum Gasteiger partial charge on any atom is -0.507 e. The second kappa shape index (κ2) is 10.7. The van der Waals surface area contributed by atoms with Crippen LogP contribution in [0.3, 0.4) is 0 Å². The first kappa shape index (κ1) is 24.2. The predicted octanol–water partition coefficient (Wildman–Crippen LogP) is 3.94. The highest BCUT2D eigenvalue weighted by Crippen LogP contribution is 2.31. The Bertz CT molecular complexity index is 1690. The molecule has 0 amide bonds. The van der Waals surface area contributed by atoms with Crippen LogP contribution in [0.1, 0.15) is 12.2 Å². The Morgan fingerprint density at radius 2 is 1.72 bits per heavy atom. The number of phenolic OH excluding ortho intramolecular Hbond substituents is 1. The second-order valence-electron chi connectivity index (χ2n) is 9.39. The summed E-state index contributed by atoms with van der Waals surface area (Å²) in [6, 6.07) is 21.3. The van der Waals surface area contributed by atoms with Crippen molar-refractivity contribution >= 4 is 28.2 Å². The molecule has 9 heteroatoms. The van der Waals surface area contributed by atoms with Gasteiger partial charge in [-0.3, -0.25) is 0 Å². The molecule has 9 nitrogen and oxygen atoms in total. The molecule has 3 aromatic heterocycles. The van der Waals surface area contributed by atoms with Crippen molar-refractivity contribution in [1.29, 1.82) is 0 Å². The molecule has 4 heterocycles. The molecular weight excluding hydrogens is 488 g/mol. The van der Waals surface area contributed by atoms with Crippen LogP contribution in [0.4, 0.5) is 17.3 Å². The first-order valence-corrected chi connectivity index (χ1v) is 12.9. The predicted molar refractivity (Wildman–Crippen MR) is 153 cm³/mol. The molecule has 1 fully saturated rings. The summed E-state index contributed by atoms with van der Waals surface area (Å²) < 4.78 is 2.12. The number of nitrogens with zero attached hydrogens (tertiary/aromatic N) is 7. The van der Waals surface area contributed by atoms with E-state index in [9.17, 15) is 5.11 Å². The van der Waals surface area contributed by atoms with E-state index in [1.807, 2.05) is 36.4 Å². The highest BCUT2D eigenvalue weighted by Gasteiger charge is 2.20. The summed E-state index contributed by atoms with van der Waals surface area (Å²) in [5.74, 6) is 8.25. The molecule has 1 aliphatic rings. The van der Waals surface area contributed by atoms with Crippen molar-refractivity contribution in [3.8, 4) is 28.8 Å². The zero-order valence-corrected chi connectivity index (χ0v) is 21.4. The van der Waals surface area contributed by atoms with E-state index in [1.54, 1.807) is 18.3 Å². The smallest absolute Gasteiger partial charge is 0.206 e. The molecular formula is C30H28N8O. The quantitative estimate of drug-likeness (QED) is 0.346. The fourth-order valence-electron chi connectivity index (χ4n) is 4.92. The summed E-state index contributed by atoms with van der Waals surface area (Å²) in [4.78, 5) is 13.6. The number of nitrogens with two attached hydrogens (primary N) is 1. The molecule has 5 aromatic rings. The van der Waals surface area contributed by atoms with Crippen LogP contribution in [0, 0.1) is 11.8 Å². The molecule has 0 aliphatic carbocycles. The number of aromatic nitrogens is 5. The van der Waals surface area contributed by atoms with Crippen LogP contribution < -0.4 is 15.5 Å². The minimum atomic E-state index is 0.161. The molecule has 0 radical (unpaired) electrons. The molecule has 39 heavy (non-hydrogen) atoms. The van der Waals surface area contributed by atoms with Crippen molar-refractivity contribution in [1.82, 2.24) is 24.7 Å². The number of hydrogen-bond donors (Lipinski definition) is 2. The fraction of sp³-hybridized carbons (Fsp3) is 0.200. The largest absolute Gasteiger partial charge is 0.507 e. The molecule has 1 saturated heterocycles. The molecule has 1 aliphatic heterocycles. The molecule has 0 unspecified atom stereocenters. The number of phenols is 1. The van der Waals surface area contributed by atoms with Gasteiger partial charge in [-0.1, -0.05) is 36.3 Å². The van der Waals surface area contributed by atoms with Gasteiger partial charge in [0.15, 0.2) is 5.82 Å². The third kappa shape index (κ3) is 5.18. The lowest BCUT2D eigenvalue weighted by Crippen LogP contribution is -2.31. The first-order chi connectivity index (χ1) is 19.2. The number of aromatic hydroxyl groups is 1. The van der Waals surface area contributed by atoms with E-state index in [0.29, 0.717) is 29.4 Å². The van der Waals surface area contributed by atoms with Gasteiger partial charge in [0.1, 0.15) is 11.6 Å². The van der Waals surface area contributed by atoms with Gasteiger partial charge in [0.25, 0.3) is 0 Å². The van der Waals surface area contributed by atoms with E-state index in [2.05, 4.69) is 65.8 Å². The van der Waals surface area contributed by atoms with E-state index in [4.69, 9.17) is 10.7 Å². The molecule has 2 aromatic carbocycles. The van der Waals surface area contributed by atoms with E-state index in [-0.39, 0.29) is 5.75 Å². The van der Waals surface area contributed by atoms with E-state index < -0.39 is 0 Å². The summed E-state index contributed by atoms with van der Waals surface area (Å²) >= 11 is 0. The van der Waals surface area contributed by atoms with Crippen LogP contribution in [-0.2, 0) is 6.54 Å². The summed E-state index contributed by atoms with van der Waals surface area (Å²) in [7, 11) is 0. The van der Waals surface area contributed by atoms with Crippen molar-refractivity contribution in [3.05, 3.63) is 84.9 Å². The van der Waals surface area contributed by atoms with Gasteiger partial charge in [-0.15, -0.1) is 10.2 Å². The molecule has 0 saturated carbocycles. The standard InChI is InChI=1S/C30H28N8O/c31-30-26(21-24(34-35-30)23-8-2-4-10-27(23)39)37-16-6-17-38(20-19-37)29-12-14-32-28(33-29)11-5-15-36-18-13-22-7-1-3-9-25(22)36/h1-4,7-10,12-14,18,21,39H,6,15-17,19-20H2,(H2,31,35). The van der Waals surface area contributed by atoms with E-state index in [0.717, 1.165) is 49.6 Å².